The molecule has 2 amide bonds. The lowest BCUT2D eigenvalue weighted by atomic mass is 10.3. The third kappa shape index (κ3) is 5.90. The first-order valence-corrected chi connectivity index (χ1v) is 6.35. The van der Waals surface area contributed by atoms with E-state index in [1.54, 1.807) is 18.2 Å². The number of hydrogen-bond donors (Lipinski definition) is 2. The molecule has 0 aliphatic carbocycles. The van der Waals surface area contributed by atoms with Crippen LogP contribution >= 0.6 is 0 Å². The van der Waals surface area contributed by atoms with E-state index in [1.165, 1.54) is 37.3 Å². The van der Waals surface area contributed by atoms with Gasteiger partial charge in [0.15, 0.2) is 17.7 Å². The fraction of sp³-hybridized carbons (Fsp3) is 0.200. The number of carbonyl (C=O) groups is 2. The number of ether oxygens (including phenoxy) is 1. The maximum atomic E-state index is 13.4. The second kappa shape index (κ2) is 8.52. The van der Waals surface area contributed by atoms with Gasteiger partial charge in [0.25, 0.3) is 11.8 Å². The third-order valence-electron chi connectivity index (χ3n) is 2.37. The van der Waals surface area contributed by atoms with Crippen LogP contribution in [0.3, 0.4) is 0 Å². The van der Waals surface area contributed by atoms with Crippen LogP contribution < -0.4 is 15.6 Å². The molecule has 0 aliphatic rings. The van der Waals surface area contributed by atoms with E-state index in [-0.39, 0.29) is 5.75 Å². The summed E-state index contributed by atoms with van der Waals surface area (Å²) in [5.41, 5.74) is 4.38. The molecule has 112 valence electrons. The number of rotatable bonds is 5. The summed E-state index contributed by atoms with van der Waals surface area (Å²) in [6.45, 7) is 3.26. The largest absolute Gasteiger partial charge is 0.478 e. The molecule has 0 saturated carbocycles. The van der Waals surface area contributed by atoms with Crippen LogP contribution in [-0.2, 0) is 9.59 Å². The Balaban J connectivity index is 2.45. The minimum absolute atomic E-state index is 0.0283. The van der Waals surface area contributed by atoms with Crippen LogP contribution in [0.2, 0.25) is 0 Å². The molecule has 21 heavy (non-hydrogen) atoms. The number of halogens is 1. The molecular formula is C15H17FN2O3. The number of hydrazine groups is 1. The highest BCUT2D eigenvalue weighted by molar-refractivity contribution is 5.90. The third-order valence-corrected chi connectivity index (χ3v) is 2.37. The van der Waals surface area contributed by atoms with Crippen molar-refractivity contribution in [2.24, 2.45) is 0 Å². The Labute approximate surface area is 122 Å². The molecule has 2 N–H and O–H groups in total. The first kappa shape index (κ1) is 16.4. The number of para-hydroxylation sites is 1. The van der Waals surface area contributed by atoms with Crippen molar-refractivity contribution in [1.29, 1.82) is 0 Å². The van der Waals surface area contributed by atoms with Crippen LogP contribution in [0.1, 0.15) is 13.8 Å². The van der Waals surface area contributed by atoms with Gasteiger partial charge < -0.3 is 4.74 Å². The molecule has 0 unspecified atom stereocenters. The molecule has 0 fully saturated rings. The highest BCUT2D eigenvalue weighted by atomic mass is 19.1. The van der Waals surface area contributed by atoms with Gasteiger partial charge in [-0.1, -0.05) is 30.4 Å². The molecule has 0 aliphatic heterocycles. The summed E-state index contributed by atoms with van der Waals surface area (Å²) in [4.78, 5) is 23.0. The zero-order chi connectivity index (χ0) is 15.7. The Morgan fingerprint density at radius 3 is 2.62 bits per heavy atom. The quantitative estimate of drug-likeness (QED) is 0.494. The van der Waals surface area contributed by atoms with Crippen molar-refractivity contribution in [3.05, 3.63) is 54.4 Å². The minimum atomic E-state index is -0.957. The van der Waals surface area contributed by atoms with Crippen molar-refractivity contribution in [3.8, 4) is 5.75 Å². The Kier molecular flexibility index (Phi) is 6.67. The van der Waals surface area contributed by atoms with Gasteiger partial charge in [-0.3, -0.25) is 20.4 Å². The number of allylic oxidation sites excluding steroid dienone is 3. The average Bonchev–Trinajstić information content (AvgIpc) is 2.47. The minimum Gasteiger partial charge on any atom is -0.478 e. The molecule has 0 aromatic heterocycles. The van der Waals surface area contributed by atoms with Crippen molar-refractivity contribution in [2.75, 3.05) is 0 Å². The molecule has 1 rings (SSSR count). The highest BCUT2D eigenvalue weighted by Gasteiger charge is 2.16. The molecule has 0 radical (unpaired) electrons. The average molecular weight is 292 g/mol. The van der Waals surface area contributed by atoms with Gasteiger partial charge >= 0.3 is 0 Å². The zero-order valence-electron chi connectivity index (χ0n) is 11.8. The van der Waals surface area contributed by atoms with Crippen LogP contribution in [0.25, 0.3) is 0 Å². The Morgan fingerprint density at radius 1 is 1.24 bits per heavy atom. The normalized spacial score (nSPS) is 12.3. The number of benzene rings is 1. The van der Waals surface area contributed by atoms with Gasteiger partial charge in [-0.2, -0.15) is 0 Å². The SMILES string of the molecule is C/C=C/C=C/C(=O)NNC(=O)[C@@H](C)Oc1ccccc1F. The van der Waals surface area contributed by atoms with Crippen LogP contribution in [-0.4, -0.2) is 17.9 Å². The predicted octanol–water partition coefficient (Wildman–Crippen LogP) is 1.87. The van der Waals surface area contributed by atoms with Gasteiger partial charge in [0.05, 0.1) is 0 Å². The Morgan fingerprint density at radius 2 is 1.95 bits per heavy atom. The molecule has 1 atom stereocenters. The van der Waals surface area contributed by atoms with E-state index in [9.17, 15) is 14.0 Å². The van der Waals surface area contributed by atoms with E-state index in [4.69, 9.17) is 4.74 Å². The van der Waals surface area contributed by atoms with Crippen molar-refractivity contribution >= 4 is 11.8 Å². The summed E-state index contributed by atoms with van der Waals surface area (Å²) in [5, 5.41) is 0. The van der Waals surface area contributed by atoms with Crippen molar-refractivity contribution in [1.82, 2.24) is 10.9 Å². The maximum absolute atomic E-state index is 13.4. The predicted molar refractivity (Wildman–Crippen MR) is 76.7 cm³/mol. The Hall–Kier alpha value is -2.63. The molecule has 1 aromatic carbocycles. The standard InChI is InChI=1S/C15H17FN2O3/c1-3-4-5-10-14(19)17-18-15(20)11(2)21-13-9-7-6-8-12(13)16/h3-11H,1-2H3,(H,17,19)(H,18,20)/b4-3+,10-5+/t11-/m1/s1. The molecule has 6 heteroatoms. The van der Waals surface area contributed by atoms with E-state index >= 15 is 0 Å². The molecular weight excluding hydrogens is 275 g/mol. The second-order valence-electron chi connectivity index (χ2n) is 4.05. The Bertz CT molecular complexity index is 556. The van der Waals surface area contributed by atoms with Gasteiger partial charge in [0.1, 0.15) is 0 Å². The van der Waals surface area contributed by atoms with E-state index < -0.39 is 23.7 Å². The lowest BCUT2D eigenvalue weighted by molar-refractivity contribution is -0.131. The zero-order valence-corrected chi connectivity index (χ0v) is 11.8. The second-order valence-corrected chi connectivity index (χ2v) is 4.05. The van der Waals surface area contributed by atoms with E-state index in [2.05, 4.69) is 10.9 Å². The number of amides is 2. The van der Waals surface area contributed by atoms with E-state index in [0.717, 1.165) is 0 Å². The van der Waals surface area contributed by atoms with Crippen molar-refractivity contribution in [3.63, 3.8) is 0 Å². The number of hydrogen-bond acceptors (Lipinski definition) is 3. The molecule has 0 saturated heterocycles. The molecule has 0 spiro atoms. The fourth-order valence-electron chi connectivity index (χ4n) is 1.30. The van der Waals surface area contributed by atoms with Gasteiger partial charge in [-0.15, -0.1) is 0 Å². The van der Waals surface area contributed by atoms with Crippen molar-refractivity contribution < 1.29 is 18.7 Å². The number of nitrogens with one attached hydrogen (secondary N) is 2. The maximum Gasteiger partial charge on any atom is 0.279 e. The van der Waals surface area contributed by atoms with E-state index in [0.29, 0.717) is 0 Å². The molecule has 5 nitrogen and oxygen atoms in total. The first-order valence-electron chi connectivity index (χ1n) is 6.35. The van der Waals surface area contributed by atoms with Crippen LogP contribution in [0.4, 0.5) is 4.39 Å². The first-order chi connectivity index (χ1) is 10.0. The number of carbonyl (C=O) groups excluding carboxylic acids is 2. The van der Waals surface area contributed by atoms with E-state index in [1.807, 2.05) is 6.92 Å². The van der Waals surface area contributed by atoms with Crippen LogP contribution in [0.15, 0.2) is 48.6 Å². The lowest BCUT2D eigenvalue weighted by Gasteiger charge is -2.14. The van der Waals surface area contributed by atoms with Crippen LogP contribution in [0, 0.1) is 5.82 Å². The van der Waals surface area contributed by atoms with Crippen molar-refractivity contribution in [2.45, 2.75) is 20.0 Å². The highest BCUT2D eigenvalue weighted by Crippen LogP contribution is 2.16. The lowest BCUT2D eigenvalue weighted by Crippen LogP contribution is -2.46. The smallest absolute Gasteiger partial charge is 0.279 e. The van der Waals surface area contributed by atoms with Gasteiger partial charge in [-0.05, 0) is 26.0 Å². The van der Waals surface area contributed by atoms with Crippen LogP contribution in [0.5, 0.6) is 5.75 Å². The van der Waals surface area contributed by atoms with Gasteiger partial charge in [-0.25, -0.2) is 4.39 Å². The molecule has 0 bridgehead atoms. The summed E-state index contributed by atoms with van der Waals surface area (Å²) >= 11 is 0. The summed E-state index contributed by atoms with van der Waals surface area (Å²) in [6.07, 6.45) is 5.25. The van der Waals surface area contributed by atoms with Gasteiger partial charge in [0, 0.05) is 6.08 Å². The molecule has 0 heterocycles. The monoisotopic (exact) mass is 292 g/mol. The summed E-state index contributed by atoms with van der Waals surface area (Å²) in [6, 6.07) is 5.76. The topological polar surface area (TPSA) is 67.4 Å². The molecule has 1 aromatic rings. The summed E-state index contributed by atoms with van der Waals surface area (Å²) in [5.74, 6) is -1.67. The summed E-state index contributed by atoms with van der Waals surface area (Å²) < 4.78 is 18.5. The van der Waals surface area contributed by atoms with Gasteiger partial charge in [0.2, 0.25) is 0 Å². The fourth-order valence-corrected chi connectivity index (χ4v) is 1.30. The summed E-state index contributed by atoms with van der Waals surface area (Å²) in [7, 11) is 0.